The van der Waals surface area contributed by atoms with Crippen molar-refractivity contribution >= 4 is 17.5 Å². The minimum Gasteiger partial charge on any atom is -0.493 e. The minimum atomic E-state index is -0.122. The van der Waals surface area contributed by atoms with Crippen molar-refractivity contribution in [2.45, 2.75) is 18.9 Å². The van der Waals surface area contributed by atoms with Gasteiger partial charge in [0.2, 0.25) is 5.91 Å². The molecule has 1 atom stereocenters. The van der Waals surface area contributed by atoms with Crippen LogP contribution in [0, 0.1) is 0 Å². The summed E-state index contributed by atoms with van der Waals surface area (Å²) < 4.78 is 10.9. The topological polar surface area (TPSA) is 62.3 Å². The zero-order valence-electron chi connectivity index (χ0n) is 19.3. The first-order valence-corrected chi connectivity index (χ1v) is 11.3. The molecule has 33 heavy (non-hydrogen) atoms. The maximum Gasteiger partial charge on any atom is 0.254 e. The van der Waals surface area contributed by atoms with Crippen LogP contribution < -0.4 is 14.4 Å². The third-order valence-electron chi connectivity index (χ3n) is 6.45. The van der Waals surface area contributed by atoms with Crippen LogP contribution in [-0.4, -0.2) is 74.6 Å². The number of amides is 2. The minimum absolute atomic E-state index is 0.0374. The fourth-order valence-electron chi connectivity index (χ4n) is 4.76. The molecule has 2 saturated heterocycles. The van der Waals surface area contributed by atoms with E-state index < -0.39 is 0 Å². The molecule has 7 heteroatoms. The smallest absolute Gasteiger partial charge is 0.254 e. The van der Waals surface area contributed by atoms with Gasteiger partial charge in [-0.1, -0.05) is 24.3 Å². The van der Waals surface area contributed by atoms with E-state index in [1.165, 1.54) is 0 Å². The van der Waals surface area contributed by atoms with E-state index in [1.54, 1.807) is 26.4 Å². The molecular formula is C26H31N3O4. The largest absolute Gasteiger partial charge is 0.493 e. The number of hydrogen-bond acceptors (Lipinski definition) is 5. The number of carbonyl (C=O) groups is 2. The molecule has 174 valence electrons. The van der Waals surface area contributed by atoms with Crippen molar-refractivity contribution in [3.63, 3.8) is 0 Å². The van der Waals surface area contributed by atoms with Gasteiger partial charge in [0, 0.05) is 49.5 Å². The molecule has 2 aromatic rings. The molecule has 0 radical (unpaired) electrons. The Balaban J connectivity index is 1.42. The second kappa shape index (κ2) is 10.1. The highest BCUT2D eigenvalue weighted by Gasteiger charge is 2.38. The SMILES string of the molecule is C=CCc1cc(C(=O)N2CCN(C3CCN(c4ccccc4)C3=O)CC2)cc(OC)c1OC. The Kier molecular flexibility index (Phi) is 6.99. The van der Waals surface area contributed by atoms with Gasteiger partial charge in [-0.3, -0.25) is 14.5 Å². The number of carbonyl (C=O) groups excluding carboxylic acids is 2. The molecule has 0 saturated carbocycles. The summed E-state index contributed by atoms with van der Waals surface area (Å²) in [7, 11) is 3.16. The zero-order valence-corrected chi connectivity index (χ0v) is 19.3. The van der Waals surface area contributed by atoms with Crippen molar-refractivity contribution in [2.24, 2.45) is 0 Å². The van der Waals surface area contributed by atoms with E-state index in [4.69, 9.17) is 9.47 Å². The maximum atomic E-state index is 13.3. The average Bonchev–Trinajstić information content (AvgIpc) is 3.25. The fraction of sp³-hybridized carbons (Fsp3) is 0.385. The summed E-state index contributed by atoms with van der Waals surface area (Å²) in [5.41, 5.74) is 2.39. The Morgan fingerprint density at radius 3 is 2.42 bits per heavy atom. The quantitative estimate of drug-likeness (QED) is 0.608. The number of anilines is 1. The van der Waals surface area contributed by atoms with Crippen LogP contribution in [-0.2, 0) is 11.2 Å². The van der Waals surface area contributed by atoms with Gasteiger partial charge in [-0.15, -0.1) is 6.58 Å². The van der Waals surface area contributed by atoms with Crippen molar-refractivity contribution < 1.29 is 19.1 Å². The van der Waals surface area contributed by atoms with Crippen LogP contribution in [0.2, 0.25) is 0 Å². The van der Waals surface area contributed by atoms with E-state index in [0.717, 1.165) is 24.2 Å². The lowest BCUT2D eigenvalue weighted by molar-refractivity contribution is -0.122. The second-order valence-corrected chi connectivity index (χ2v) is 8.32. The Morgan fingerprint density at radius 2 is 1.79 bits per heavy atom. The molecule has 7 nitrogen and oxygen atoms in total. The molecule has 0 spiro atoms. The van der Waals surface area contributed by atoms with Crippen LogP contribution in [0.5, 0.6) is 11.5 Å². The van der Waals surface area contributed by atoms with Crippen LogP contribution in [0.25, 0.3) is 0 Å². The number of para-hydroxylation sites is 1. The summed E-state index contributed by atoms with van der Waals surface area (Å²) in [5.74, 6) is 1.28. The highest BCUT2D eigenvalue weighted by molar-refractivity contribution is 5.99. The number of methoxy groups -OCH3 is 2. The van der Waals surface area contributed by atoms with Crippen molar-refractivity contribution in [3.8, 4) is 11.5 Å². The van der Waals surface area contributed by atoms with Gasteiger partial charge in [0.15, 0.2) is 11.5 Å². The van der Waals surface area contributed by atoms with Gasteiger partial charge in [0.05, 0.1) is 20.3 Å². The van der Waals surface area contributed by atoms with Crippen molar-refractivity contribution in [3.05, 3.63) is 66.2 Å². The third kappa shape index (κ3) is 4.59. The van der Waals surface area contributed by atoms with Crippen molar-refractivity contribution in [1.82, 2.24) is 9.80 Å². The van der Waals surface area contributed by atoms with E-state index in [-0.39, 0.29) is 17.9 Å². The summed E-state index contributed by atoms with van der Waals surface area (Å²) in [6, 6.07) is 13.3. The van der Waals surface area contributed by atoms with Crippen LogP contribution in [0.4, 0.5) is 5.69 Å². The highest BCUT2D eigenvalue weighted by Crippen LogP contribution is 2.34. The first kappa shape index (κ1) is 22.9. The number of ether oxygens (including phenoxy) is 2. The first-order valence-electron chi connectivity index (χ1n) is 11.3. The molecule has 4 rings (SSSR count). The van der Waals surface area contributed by atoms with E-state index in [9.17, 15) is 9.59 Å². The molecule has 2 aliphatic rings. The standard InChI is InChI=1S/C26H31N3O4/c1-4-8-19-17-20(18-23(32-2)24(19)33-3)25(30)28-15-13-27(14-16-28)22-11-12-29(26(22)31)21-9-6-5-7-10-21/h4-7,9-10,17-18,22H,1,8,11-16H2,2-3H3. The molecule has 2 fully saturated rings. The zero-order chi connectivity index (χ0) is 23.4. The van der Waals surface area contributed by atoms with Gasteiger partial charge in [-0.05, 0) is 37.1 Å². The van der Waals surface area contributed by atoms with Crippen molar-refractivity contribution in [2.75, 3.05) is 51.8 Å². The summed E-state index contributed by atoms with van der Waals surface area (Å²) >= 11 is 0. The second-order valence-electron chi connectivity index (χ2n) is 8.32. The lowest BCUT2D eigenvalue weighted by Crippen LogP contribution is -2.53. The summed E-state index contributed by atoms with van der Waals surface area (Å²) in [6.45, 7) is 7.05. The van der Waals surface area contributed by atoms with Gasteiger partial charge in [-0.25, -0.2) is 0 Å². The average molecular weight is 450 g/mol. The van der Waals surface area contributed by atoms with Crippen LogP contribution in [0.15, 0.2) is 55.1 Å². The summed E-state index contributed by atoms with van der Waals surface area (Å²) in [6.07, 6.45) is 3.17. The number of benzene rings is 2. The lowest BCUT2D eigenvalue weighted by Gasteiger charge is -2.37. The van der Waals surface area contributed by atoms with Crippen LogP contribution >= 0.6 is 0 Å². The Bertz CT molecular complexity index is 1020. The number of piperazine rings is 1. The molecule has 0 aliphatic carbocycles. The molecule has 2 heterocycles. The van der Waals surface area contributed by atoms with E-state index in [0.29, 0.717) is 49.7 Å². The molecule has 0 N–H and O–H groups in total. The van der Waals surface area contributed by atoms with Gasteiger partial charge in [0.1, 0.15) is 0 Å². The number of rotatable bonds is 7. The number of nitrogens with zero attached hydrogens (tertiary/aromatic N) is 3. The monoisotopic (exact) mass is 449 g/mol. The molecule has 0 bridgehead atoms. The summed E-state index contributed by atoms with van der Waals surface area (Å²) in [5, 5.41) is 0. The molecular weight excluding hydrogens is 418 g/mol. The maximum absolute atomic E-state index is 13.3. The predicted octanol–water partition coefficient (Wildman–Crippen LogP) is 3.00. The van der Waals surface area contributed by atoms with Gasteiger partial charge >= 0.3 is 0 Å². The fourth-order valence-corrected chi connectivity index (χ4v) is 4.76. The summed E-state index contributed by atoms with van der Waals surface area (Å²) in [4.78, 5) is 32.2. The predicted molar refractivity (Wildman–Crippen MR) is 128 cm³/mol. The van der Waals surface area contributed by atoms with E-state index in [1.807, 2.05) is 46.2 Å². The highest BCUT2D eigenvalue weighted by atomic mass is 16.5. The molecule has 1 unspecified atom stereocenters. The first-order chi connectivity index (χ1) is 16.1. The van der Waals surface area contributed by atoms with Crippen LogP contribution in [0.3, 0.4) is 0 Å². The molecule has 0 aromatic heterocycles. The Labute approximate surface area is 195 Å². The lowest BCUT2D eigenvalue weighted by atomic mass is 10.0. The van der Waals surface area contributed by atoms with E-state index >= 15 is 0 Å². The van der Waals surface area contributed by atoms with E-state index in [2.05, 4.69) is 11.5 Å². The Morgan fingerprint density at radius 1 is 1.06 bits per heavy atom. The number of allylic oxidation sites excluding steroid dienone is 1. The molecule has 2 aliphatic heterocycles. The normalized spacial score (nSPS) is 19.0. The van der Waals surface area contributed by atoms with Crippen molar-refractivity contribution in [1.29, 1.82) is 0 Å². The van der Waals surface area contributed by atoms with Crippen LogP contribution in [0.1, 0.15) is 22.3 Å². The van der Waals surface area contributed by atoms with Gasteiger partial charge < -0.3 is 19.3 Å². The molecule has 2 aromatic carbocycles. The third-order valence-corrected chi connectivity index (χ3v) is 6.45. The van der Waals surface area contributed by atoms with Gasteiger partial charge in [-0.2, -0.15) is 0 Å². The molecule has 2 amide bonds. The number of hydrogen-bond donors (Lipinski definition) is 0. The van der Waals surface area contributed by atoms with Gasteiger partial charge in [0.25, 0.3) is 5.91 Å². The Hall–Kier alpha value is -3.32.